The maximum absolute atomic E-state index is 12.3. The van der Waals surface area contributed by atoms with Gasteiger partial charge in [0.2, 0.25) is 5.91 Å². The Morgan fingerprint density at radius 3 is 2.45 bits per heavy atom. The van der Waals surface area contributed by atoms with Crippen molar-refractivity contribution in [1.29, 1.82) is 0 Å². The van der Waals surface area contributed by atoms with Crippen LogP contribution in [-0.2, 0) is 14.8 Å². The number of carbonyl (C=O) groups is 1. The van der Waals surface area contributed by atoms with Crippen LogP contribution in [0.2, 0.25) is 0 Å². The van der Waals surface area contributed by atoms with Crippen molar-refractivity contribution in [1.82, 2.24) is 9.29 Å². The van der Waals surface area contributed by atoms with Gasteiger partial charge >= 0.3 is 0 Å². The molecule has 0 radical (unpaired) electrons. The van der Waals surface area contributed by atoms with E-state index < -0.39 is 10.0 Å². The van der Waals surface area contributed by atoms with Crippen molar-refractivity contribution in [2.24, 2.45) is 0 Å². The fraction of sp³-hybridized carbons (Fsp3) is 0.0714. The lowest BCUT2D eigenvalue weighted by Crippen LogP contribution is -2.17. The van der Waals surface area contributed by atoms with Crippen LogP contribution in [0.25, 0.3) is 5.70 Å². The first-order chi connectivity index (χ1) is 9.41. The summed E-state index contributed by atoms with van der Waals surface area (Å²) in [5, 5.41) is 2.52. The van der Waals surface area contributed by atoms with E-state index in [1.54, 1.807) is 24.3 Å². The molecule has 0 bridgehead atoms. The molecule has 1 aromatic heterocycles. The third kappa shape index (κ3) is 2.80. The monoisotopic (exact) mass is 290 g/mol. The number of nitrogens with one attached hydrogen (secondary N) is 1. The molecule has 2 rings (SSSR count). The normalized spacial score (nSPS) is 11.1. The number of carbonyl (C=O) groups excluding carboxylic acids is 1. The summed E-state index contributed by atoms with van der Waals surface area (Å²) >= 11 is 0. The van der Waals surface area contributed by atoms with Gasteiger partial charge in [0.15, 0.2) is 0 Å². The highest BCUT2D eigenvalue weighted by atomic mass is 32.2. The van der Waals surface area contributed by atoms with Crippen molar-refractivity contribution in [3.63, 3.8) is 0 Å². The van der Waals surface area contributed by atoms with Crippen LogP contribution in [0.1, 0.15) is 12.5 Å². The predicted octanol–water partition coefficient (Wildman–Crippen LogP) is 1.83. The Labute approximate surface area is 117 Å². The molecule has 0 unspecified atom stereocenters. The van der Waals surface area contributed by atoms with E-state index >= 15 is 0 Å². The minimum Gasteiger partial charge on any atom is -0.326 e. The Morgan fingerprint density at radius 2 is 1.85 bits per heavy atom. The molecule has 20 heavy (non-hydrogen) atoms. The van der Waals surface area contributed by atoms with E-state index in [4.69, 9.17) is 0 Å². The lowest BCUT2D eigenvalue weighted by atomic mass is 10.3. The topological polar surface area (TPSA) is 68.2 Å². The highest BCUT2D eigenvalue weighted by Gasteiger charge is 2.16. The van der Waals surface area contributed by atoms with Crippen LogP contribution < -0.4 is 5.32 Å². The molecule has 5 nitrogen and oxygen atoms in total. The van der Waals surface area contributed by atoms with Crippen LogP contribution in [-0.4, -0.2) is 18.3 Å². The Morgan fingerprint density at radius 1 is 1.20 bits per heavy atom. The molecule has 0 fully saturated rings. The van der Waals surface area contributed by atoms with Crippen LogP contribution in [0.3, 0.4) is 0 Å². The van der Waals surface area contributed by atoms with E-state index in [9.17, 15) is 13.2 Å². The molecule has 104 valence electrons. The van der Waals surface area contributed by atoms with Gasteiger partial charge < -0.3 is 5.32 Å². The summed E-state index contributed by atoms with van der Waals surface area (Å²) in [4.78, 5) is 11.2. The number of aromatic nitrogens is 1. The molecular formula is C14H14N2O3S. The number of hydrogen-bond donors (Lipinski definition) is 1. The van der Waals surface area contributed by atoms with Crippen LogP contribution in [0.5, 0.6) is 0 Å². The average molecular weight is 290 g/mol. The Bertz CT molecular complexity index is 746. The smallest absolute Gasteiger partial charge is 0.267 e. The van der Waals surface area contributed by atoms with E-state index in [1.165, 1.54) is 31.5 Å². The standard InChI is InChI=1S/C14H14N2O3S/c1-11(15-12(2)17)13-8-9-16(10-13)20(18,19)14-6-4-3-5-7-14/h3-10H,1H2,2H3,(H,15,17). The minimum atomic E-state index is -3.62. The van der Waals surface area contributed by atoms with Crippen LogP contribution in [0, 0.1) is 0 Å². The molecule has 6 heteroatoms. The zero-order valence-corrected chi connectivity index (χ0v) is 11.7. The second-order valence-corrected chi connectivity index (χ2v) is 6.05. The summed E-state index contributed by atoms with van der Waals surface area (Å²) in [6.07, 6.45) is 2.84. The van der Waals surface area contributed by atoms with Gasteiger partial charge in [-0.15, -0.1) is 0 Å². The fourth-order valence-corrected chi connectivity index (χ4v) is 2.92. The zero-order chi connectivity index (χ0) is 14.8. The zero-order valence-electron chi connectivity index (χ0n) is 10.9. The molecule has 1 N–H and O–H groups in total. The number of rotatable bonds is 4. The van der Waals surface area contributed by atoms with Gasteiger partial charge in [-0.2, -0.15) is 0 Å². The Balaban J connectivity index is 2.34. The first kappa shape index (κ1) is 14.1. The summed E-state index contributed by atoms with van der Waals surface area (Å²) in [5.41, 5.74) is 0.902. The summed E-state index contributed by atoms with van der Waals surface area (Å²) < 4.78 is 25.8. The average Bonchev–Trinajstić information content (AvgIpc) is 2.89. The molecule has 1 heterocycles. The van der Waals surface area contributed by atoms with Gasteiger partial charge in [-0.1, -0.05) is 24.8 Å². The van der Waals surface area contributed by atoms with Gasteiger partial charge in [0.25, 0.3) is 10.0 Å². The molecular weight excluding hydrogens is 276 g/mol. The molecule has 2 aromatic rings. The minimum absolute atomic E-state index is 0.201. The summed E-state index contributed by atoms with van der Waals surface area (Å²) in [5.74, 6) is -0.256. The number of hydrogen-bond acceptors (Lipinski definition) is 3. The first-order valence-electron chi connectivity index (χ1n) is 5.87. The quantitative estimate of drug-likeness (QED) is 0.934. The van der Waals surface area contributed by atoms with Crippen molar-refractivity contribution >= 4 is 21.6 Å². The third-order valence-corrected chi connectivity index (χ3v) is 4.31. The fourth-order valence-electron chi connectivity index (χ4n) is 1.70. The maximum Gasteiger partial charge on any atom is 0.267 e. The second kappa shape index (κ2) is 5.34. The number of benzene rings is 1. The molecule has 0 saturated carbocycles. The molecule has 0 spiro atoms. The molecule has 0 aliphatic carbocycles. The molecule has 0 aliphatic heterocycles. The highest BCUT2D eigenvalue weighted by Crippen LogP contribution is 2.17. The van der Waals surface area contributed by atoms with Crippen molar-refractivity contribution in [3.8, 4) is 0 Å². The maximum atomic E-state index is 12.3. The van der Waals surface area contributed by atoms with Crippen molar-refractivity contribution in [2.45, 2.75) is 11.8 Å². The Kier molecular flexibility index (Phi) is 3.76. The van der Waals surface area contributed by atoms with Crippen molar-refractivity contribution in [3.05, 3.63) is 60.9 Å². The summed E-state index contributed by atoms with van der Waals surface area (Å²) in [6.45, 7) is 5.06. The van der Waals surface area contributed by atoms with Crippen LogP contribution in [0.4, 0.5) is 0 Å². The molecule has 0 aliphatic rings. The predicted molar refractivity (Wildman–Crippen MR) is 76.3 cm³/mol. The van der Waals surface area contributed by atoms with Gasteiger partial charge in [-0.3, -0.25) is 4.79 Å². The lowest BCUT2D eigenvalue weighted by Gasteiger charge is -2.06. The molecule has 1 amide bonds. The highest BCUT2D eigenvalue weighted by molar-refractivity contribution is 7.90. The van der Waals surface area contributed by atoms with Gasteiger partial charge in [-0.05, 0) is 18.2 Å². The van der Waals surface area contributed by atoms with E-state index in [0.29, 0.717) is 11.3 Å². The van der Waals surface area contributed by atoms with E-state index in [1.807, 2.05) is 0 Å². The first-order valence-corrected chi connectivity index (χ1v) is 7.31. The second-order valence-electron chi connectivity index (χ2n) is 4.21. The van der Waals surface area contributed by atoms with Crippen molar-refractivity contribution < 1.29 is 13.2 Å². The van der Waals surface area contributed by atoms with Gasteiger partial charge in [-0.25, -0.2) is 12.4 Å². The van der Waals surface area contributed by atoms with Crippen LogP contribution in [0.15, 0.2) is 60.3 Å². The Hall–Kier alpha value is -2.34. The van der Waals surface area contributed by atoms with E-state index in [2.05, 4.69) is 11.9 Å². The lowest BCUT2D eigenvalue weighted by molar-refractivity contribution is -0.117. The molecule has 1 aromatic carbocycles. The van der Waals surface area contributed by atoms with Gasteiger partial charge in [0.1, 0.15) is 0 Å². The SMILES string of the molecule is C=C(NC(C)=O)c1ccn(S(=O)(=O)c2ccccc2)c1. The summed E-state index contributed by atoms with van der Waals surface area (Å²) in [6, 6.07) is 9.70. The largest absolute Gasteiger partial charge is 0.326 e. The molecule has 0 saturated heterocycles. The van der Waals surface area contributed by atoms with E-state index in [0.717, 1.165) is 3.97 Å². The molecule has 0 atom stereocenters. The van der Waals surface area contributed by atoms with Crippen molar-refractivity contribution in [2.75, 3.05) is 0 Å². The summed E-state index contributed by atoms with van der Waals surface area (Å²) in [7, 11) is -3.62. The number of amides is 1. The number of nitrogens with zero attached hydrogens (tertiary/aromatic N) is 1. The van der Waals surface area contributed by atoms with Crippen LogP contribution >= 0.6 is 0 Å². The van der Waals surface area contributed by atoms with Gasteiger partial charge in [0.05, 0.1) is 4.90 Å². The van der Waals surface area contributed by atoms with E-state index in [-0.39, 0.29) is 10.8 Å². The van der Waals surface area contributed by atoms with Gasteiger partial charge in [0, 0.05) is 30.6 Å². The third-order valence-electron chi connectivity index (χ3n) is 2.66.